The molecule has 0 aromatic heterocycles. The summed E-state index contributed by atoms with van der Waals surface area (Å²) >= 11 is 0. The van der Waals surface area contributed by atoms with Gasteiger partial charge in [0, 0.05) is 6.54 Å². The van der Waals surface area contributed by atoms with Crippen LogP contribution in [0.2, 0.25) is 0 Å². The molecule has 164 valence electrons. The van der Waals surface area contributed by atoms with Gasteiger partial charge >= 0.3 is 0 Å². The molecule has 0 saturated heterocycles. The van der Waals surface area contributed by atoms with E-state index in [-0.39, 0.29) is 28.2 Å². The predicted molar refractivity (Wildman–Crippen MR) is 123 cm³/mol. The predicted octanol–water partition coefficient (Wildman–Crippen LogP) is 5.74. The first-order valence-corrected chi connectivity index (χ1v) is 10.8. The molecule has 4 heteroatoms. The Morgan fingerprint density at radius 2 is 1.30 bits per heavy atom. The average molecular weight is 412 g/mol. The summed E-state index contributed by atoms with van der Waals surface area (Å²) in [6.07, 6.45) is 1.93. The summed E-state index contributed by atoms with van der Waals surface area (Å²) in [6, 6.07) is 10.9. The molecule has 2 aromatic carbocycles. The first kappa shape index (κ1) is 23.8. The highest BCUT2D eigenvalue weighted by Gasteiger charge is 2.28. The van der Waals surface area contributed by atoms with E-state index in [2.05, 4.69) is 12.2 Å². The van der Waals surface area contributed by atoms with E-state index in [1.54, 1.807) is 12.1 Å². The van der Waals surface area contributed by atoms with Crippen molar-refractivity contribution in [3.63, 3.8) is 0 Å². The van der Waals surface area contributed by atoms with Crippen molar-refractivity contribution in [3.05, 3.63) is 58.7 Å². The first-order valence-electron chi connectivity index (χ1n) is 10.8. The van der Waals surface area contributed by atoms with E-state index in [0.29, 0.717) is 6.54 Å². The first-order chi connectivity index (χ1) is 13.9. The second kappa shape index (κ2) is 9.11. The van der Waals surface area contributed by atoms with Gasteiger partial charge in [0.25, 0.3) is 0 Å². The van der Waals surface area contributed by atoms with Crippen LogP contribution in [0, 0.1) is 0 Å². The number of aromatic hydroxyl groups is 2. The lowest BCUT2D eigenvalue weighted by atomic mass is 9.80. The maximum atomic E-state index is 13.3. The summed E-state index contributed by atoms with van der Waals surface area (Å²) in [5.41, 5.74) is 2.76. The molecule has 0 heterocycles. The molecule has 0 aliphatic carbocycles. The second-order valence-corrected chi connectivity index (χ2v) is 10.1. The number of phenolic OH excluding ortho intramolecular Hbond substituents is 2. The number of nitrogens with one attached hydrogen (secondary N) is 1. The van der Waals surface area contributed by atoms with Crippen molar-refractivity contribution < 1.29 is 15.0 Å². The molecule has 0 bridgehead atoms. The van der Waals surface area contributed by atoms with Gasteiger partial charge in [-0.1, -0.05) is 79.2 Å². The van der Waals surface area contributed by atoms with Crippen LogP contribution < -0.4 is 5.32 Å². The topological polar surface area (TPSA) is 69.6 Å². The molecule has 3 N–H and O–H groups in total. The van der Waals surface area contributed by atoms with Gasteiger partial charge in [-0.15, -0.1) is 0 Å². The van der Waals surface area contributed by atoms with E-state index in [0.717, 1.165) is 35.1 Å². The maximum Gasteiger partial charge on any atom is 0.232 e. The molecular weight excluding hydrogens is 374 g/mol. The number of amides is 1. The van der Waals surface area contributed by atoms with Crippen molar-refractivity contribution in [3.8, 4) is 11.5 Å². The van der Waals surface area contributed by atoms with Crippen molar-refractivity contribution in [1.29, 1.82) is 0 Å². The second-order valence-electron chi connectivity index (χ2n) is 10.1. The van der Waals surface area contributed by atoms with E-state index in [1.165, 1.54) is 0 Å². The Morgan fingerprint density at radius 3 is 1.67 bits per heavy atom. The van der Waals surface area contributed by atoms with Crippen molar-refractivity contribution in [2.24, 2.45) is 0 Å². The molecule has 4 nitrogen and oxygen atoms in total. The fourth-order valence-electron chi connectivity index (χ4n) is 3.65. The molecule has 1 amide bonds. The molecule has 0 unspecified atom stereocenters. The van der Waals surface area contributed by atoms with Crippen LogP contribution in [0.1, 0.15) is 89.5 Å². The van der Waals surface area contributed by atoms with Gasteiger partial charge in [-0.2, -0.15) is 0 Å². The summed E-state index contributed by atoms with van der Waals surface area (Å²) in [4.78, 5) is 13.3. The number of unbranched alkanes of at least 4 members (excludes halogenated alkanes) is 1. The number of phenols is 2. The van der Waals surface area contributed by atoms with Crippen molar-refractivity contribution in [1.82, 2.24) is 5.32 Å². The largest absolute Gasteiger partial charge is 0.508 e. The zero-order valence-corrected chi connectivity index (χ0v) is 19.5. The van der Waals surface area contributed by atoms with Crippen LogP contribution in [0.4, 0.5) is 0 Å². The Kier molecular flexibility index (Phi) is 7.23. The third-order valence-corrected chi connectivity index (χ3v) is 5.42. The van der Waals surface area contributed by atoms with Crippen LogP contribution in [0.3, 0.4) is 0 Å². The van der Waals surface area contributed by atoms with Gasteiger partial charge in [0.05, 0.1) is 5.92 Å². The summed E-state index contributed by atoms with van der Waals surface area (Å²) in [5.74, 6) is -0.125. The third-order valence-electron chi connectivity index (χ3n) is 5.42. The van der Waals surface area contributed by atoms with Crippen LogP contribution in [-0.2, 0) is 15.6 Å². The van der Waals surface area contributed by atoms with E-state index >= 15 is 0 Å². The van der Waals surface area contributed by atoms with Crippen molar-refractivity contribution >= 4 is 5.91 Å². The minimum atomic E-state index is -0.523. The van der Waals surface area contributed by atoms with Gasteiger partial charge in [-0.3, -0.25) is 4.79 Å². The molecule has 0 saturated carbocycles. The highest BCUT2D eigenvalue weighted by atomic mass is 16.3. The Morgan fingerprint density at radius 1 is 0.867 bits per heavy atom. The molecule has 2 rings (SSSR count). The Balaban J connectivity index is 2.62. The summed E-state index contributed by atoms with van der Waals surface area (Å²) in [7, 11) is 0. The van der Waals surface area contributed by atoms with Gasteiger partial charge in [0.15, 0.2) is 0 Å². The fraction of sp³-hybridized carbons (Fsp3) is 0.500. The molecule has 0 atom stereocenters. The smallest absolute Gasteiger partial charge is 0.232 e. The average Bonchev–Trinajstić information content (AvgIpc) is 2.63. The SMILES string of the molecule is CCCCNC(=O)C(c1ccc(O)c(C(C)(C)C)c1)c1ccc(O)c(C(C)(C)C)c1. The molecule has 2 aromatic rings. The van der Waals surface area contributed by atoms with Gasteiger partial charge in [0.1, 0.15) is 11.5 Å². The van der Waals surface area contributed by atoms with E-state index in [9.17, 15) is 15.0 Å². The molecular formula is C26H37NO3. The standard InChI is InChI=1S/C26H37NO3/c1-8-9-14-27-24(30)23(17-10-12-21(28)19(15-17)25(2,3)4)18-11-13-22(29)20(16-18)26(5,6)7/h10-13,15-16,23,28-29H,8-9,14H2,1-7H3,(H,27,30). The lowest BCUT2D eigenvalue weighted by Crippen LogP contribution is -2.31. The molecule has 0 aliphatic heterocycles. The Bertz CT molecular complexity index is 825. The van der Waals surface area contributed by atoms with Gasteiger partial charge < -0.3 is 15.5 Å². The number of benzene rings is 2. The quantitative estimate of drug-likeness (QED) is 0.531. The van der Waals surface area contributed by atoms with Gasteiger partial charge in [0.2, 0.25) is 5.91 Å². The van der Waals surface area contributed by atoms with E-state index < -0.39 is 5.92 Å². The summed E-state index contributed by atoms with van der Waals surface area (Å²) in [6.45, 7) is 15.0. The maximum absolute atomic E-state index is 13.3. The molecule has 0 fully saturated rings. The summed E-state index contributed by atoms with van der Waals surface area (Å²) < 4.78 is 0. The molecule has 0 spiro atoms. The molecule has 30 heavy (non-hydrogen) atoms. The fourth-order valence-corrected chi connectivity index (χ4v) is 3.65. The Labute approximate surface area is 181 Å². The van der Waals surface area contributed by atoms with Gasteiger partial charge in [-0.25, -0.2) is 0 Å². The zero-order chi connectivity index (χ0) is 22.7. The molecule has 0 radical (unpaired) electrons. The van der Waals surface area contributed by atoms with E-state index in [4.69, 9.17) is 0 Å². The van der Waals surface area contributed by atoms with Crippen molar-refractivity contribution in [2.75, 3.05) is 6.54 Å². The number of hydrogen-bond donors (Lipinski definition) is 3. The minimum Gasteiger partial charge on any atom is -0.508 e. The van der Waals surface area contributed by atoms with E-state index in [1.807, 2.05) is 65.8 Å². The lowest BCUT2D eigenvalue weighted by molar-refractivity contribution is -0.121. The van der Waals surface area contributed by atoms with Crippen LogP contribution in [-0.4, -0.2) is 22.7 Å². The normalized spacial score (nSPS) is 12.3. The monoisotopic (exact) mass is 411 g/mol. The van der Waals surface area contributed by atoms with Gasteiger partial charge in [-0.05, 0) is 51.6 Å². The zero-order valence-electron chi connectivity index (χ0n) is 19.5. The van der Waals surface area contributed by atoms with Crippen LogP contribution >= 0.6 is 0 Å². The molecule has 0 aliphatic rings. The van der Waals surface area contributed by atoms with Crippen LogP contribution in [0.5, 0.6) is 11.5 Å². The lowest BCUT2D eigenvalue weighted by Gasteiger charge is -2.26. The van der Waals surface area contributed by atoms with Crippen molar-refractivity contribution in [2.45, 2.75) is 78.1 Å². The number of carbonyl (C=O) groups excluding carboxylic acids is 1. The number of rotatable bonds is 6. The van der Waals surface area contributed by atoms with Crippen LogP contribution in [0.25, 0.3) is 0 Å². The highest BCUT2D eigenvalue weighted by Crippen LogP contribution is 2.38. The summed E-state index contributed by atoms with van der Waals surface area (Å²) in [5, 5.41) is 23.8. The minimum absolute atomic E-state index is 0.0699. The van der Waals surface area contributed by atoms with Crippen LogP contribution in [0.15, 0.2) is 36.4 Å². The highest BCUT2D eigenvalue weighted by molar-refractivity contribution is 5.87. The number of carbonyl (C=O) groups is 1. The Hall–Kier alpha value is -2.49. The number of hydrogen-bond acceptors (Lipinski definition) is 3. The third kappa shape index (κ3) is 5.56.